The fraction of sp³-hybridized carbons (Fsp3) is 0.429. The minimum absolute atomic E-state index is 0.0816. The molecule has 198 valence electrons. The molecular weight excluding hydrogens is 482 g/mol. The van der Waals surface area contributed by atoms with Crippen molar-refractivity contribution in [1.82, 2.24) is 30.1 Å². The summed E-state index contributed by atoms with van der Waals surface area (Å²) >= 11 is 0. The molecule has 10 nitrogen and oxygen atoms in total. The van der Waals surface area contributed by atoms with E-state index in [9.17, 15) is 4.79 Å². The maximum atomic E-state index is 13.5. The largest absolute Gasteiger partial charge is 0.495 e. The Morgan fingerprint density at radius 2 is 1.97 bits per heavy atom. The first-order chi connectivity index (χ1) is 18.6. The number of aromatic amines is 1. The highest BCUT2D eigenvalue weighted by Gasteiger charge is 2.34. The van der Waals surface area contributed by atoms with Gasteiger partial charge < -0.3 is 19.4 Å². The predicted octanol–water partition coefficient (Wildman–Crippen LogP) is 2.92. The highest BCUT2D eigenvalue weighted by Crippen LogP contribution is 2.32. The molecule has 0 aliphatic carbocycles. The minimum Gasteiger partial charge on any atom is -0.495 e. The number of rotatable bonds is 7. The molecule has 38 heavy (non-hydrogen) atoms. The lowest BCUT2D eigenvalue weighted by Crippen LogP contribution is -2.49. The molecule has 2 aromatic carbocycles. The number of aromatic nitrogens is 5. The third kappa shape index (κ3) is 4.77. The number of anilines is 1. The van der Waals surface area contributed by atoms with Gasteiger partial charge in [0.15, 0.2) is 5.82 Å². The third-order valence-corrected chi connectivity index (χ3v) is 7.63. The van der Waals surface area contributed by atoms with Crippen LogP contribution < -0.4 is 15.2 Å². The second-order valence-corrected chi connectivity index (χ2v) is 10.1. The summed E-state index contributed by atoms with van der Waals surface area (Å²) in [5, 5.41) is 13.8. The van der Waals surface area contributed by atoms with Gasteiger partial charge in [0.25, 0.3) is 5.56 Å². The number of aryl methyl sites for hydroxylation is 1. The molecule has 2 aliphatic rings. The third-order valence-electron chi connectivity index (χ3n) is 7.63. The van der Waals surface area contributed by atoms with Crippen LogP contribution in [0.15, 0.2) is 53.3 Å². The van der Waals surface area contributed by atoms with Gasteiger partial charge in [-0.1, -0.05) is 24.3 Å². The number of tetrazole rings is 1. The first kappa shape index (κ1) is 24.6. The number of hydrogen-bond acceptors (Lipinski definition) is 8. The van der Waals surface area contributed by atoms with Crippen LogP contribution in [-0.4, -0.2) is 76.1 Å². The van der Waals surface area contributed by atoms with Crippen molar-refractivity contribution >= 4 is 16.6 Å². The molecule has 10 heteroatoms. The van der Waals surface area contributed by atoms with Gasteiger partial charge in [0, 0.05) is 43.9 Å². The van der Waals surface area contributed by atoms with Gasteiger partial charge >= 0.3 is 0 Å². The van der Waals surface area contributed by atoms with E-state index in [1.807, 2.05) is 41.9 Å². The topological polar surface area (TPSA) is 101 Å². The average Bonchev–Trinajstić information content (AvgIpc) is 3.62. The highest BCUT2D eigenvalue weighted by molar-refractivity contribution is 5.79. The zero-order valence-corrected chi connectivity index (χ0v) is 21.8. The number of fused-ring (bicyclic) bond motifs is 1. The number of nitrogens with zero attached hydrogens (tertiary/aromatic N) is 6. The van der Waals surface area contributed by atoms with Crippen LogP contribution in [0.4, 0.5) is 5.69 Å². The Bertz CT molecular complexity index is 1470. The van der Waals surface area contributed by atoms with Crippen molar-refractivity contribution in [3.63, 3.8) is 0 Å². The first-order valence-electron chi connectivity index (χ1n) is 13.2. The summed E-state index contributed by atoms with van der Waals surface area (Å²) in [4.78, 5) is 21.3. The van der Waals surface area contributed by atoms with Crippen LogP contribution >= 0.6 is 0 Å². The van der Waals surface area contributed by atoms with Crippen molar-refractivity contribution in [1.29, 1.82) is 0 Å². The maximum absolute atomic E-state index is 13.5. The number of ether oxygens (including phenoxy) is 2. The average molecular weight is 516 g/mol. The summed E-state index contributed by atoms with van der Waals surface area (Å²) in [7, 11) is 1.70. The zero-order valence-electron chi connectivity index (χ0n) is 21.8. The number of para-hydroxylation sites is 2. The van der Waals surface area contributed by atoms with Crippen LogP contribution in [0, 0.1) is 6.92 Å². The SMILES string of the molecule is COc1ccccc1N1CCN([C@@H](c2cc3ccc(C)cc3[nH]c2=O)c2nnnn2C[C@@H]2CCCO2)CC1. The number of pyridine rings is 1. The lowest BCUT2D eigenvalue weighted by atomic mass is 10.0. The monoisotopic (exact) mass is 515 g/mol. The summed E-state index contributed by atoms with van der Waals surface area (Å²) in [6.45, 7) is 6.41. The molecule has 2 atom stereocenters. The van der Waals surface area contributed by atoms with E-state index in [4.69, 9.17) is 9.47 Å². The van der Waals surface area contributed by atoms with Gasteiger partial charge in [-0.2, -0.15) is 0 Å². The van der Waals surface area contributed by atoms with Crippen molar-refractivity contribution in [3.8, 4) is 5.75 Å². The second-order valence-electron chi connectivity index (χ2n) is 10.1. The molecule has 2 aromatic heterocycles. The molecule has 0 amide bonds. The van der Waals surface area contributed by atoms with Gasteiger partial charge in [-0.15, -0.1) is 5.10 Å². The number of H-pyrrole nitrogens is 1. The summed E-state index contributed by atoms with van der Waals surface area (Å²) in [5.41, 5.74) is 3.54. The predicted molar refractivity (Wildman–Crippen MR) is 145 cm³/mol. The summed E-state index contributed by atoms with van der Waals surface area (Å²) in [5.74, 6) is 1.53. The van der Waals surface area contributed by atoms with Crippen LogP contribution in [-0.2, 0) is 11.3 Å². The van der Waals surface area contributed by atoms with Gasteiger partial charge in [0.1, 0.15) is 11.8 Å². The molecule has 0 bridgehead atoms. The summed E-state index contributed by atoms with van der Waals surface area (Å²) in [6.07, 6.45) is 2.11. The number of hydrogen-bond donors (Lipinski definition) is 1. The van der Waals surface area contributed by atoms with E-state index in [1.165, 1.54) is 0 Å². The smallest absolute Gasteiger partial charge is 0.253 e. The Kier molecular flexibility index (Phi) is 6.82. The van der Waals surface area contributed by atoms with E-state index < -0.39 is 0 Å². The van der Waals surface area contributed by atoms with Crippen molar-refractivity contribution in [2.24, 2.45) is 0 Å². The molecular formula is C28H33N7O3. The molecule has 4 aromatic rings. The van der Waals surface area contributed by atoms with Gasteiger partial charge in [-0.3, -0.25) is 9.69 Å². The summed E-state index contributed by atoms with van der Waals surface area (Å²) < 4.78 is 13.3. The summed E-state index contributed by atoms with van der Waals surface area (Å²) in [6, 6.07) is 15.8. The van der Waals surface area contributed by atoms with Crippen LogP contribution in [0.2, 0.25) is 0 Å². The quantitative estimate of drug-likeness (QED) is 0.401. The van der Waals surface area contributed by atoms with Gasteiger partial charge in [-0.25, -0.2) is 4.68 Å². The van der Waals surface area contributed by atoms with Crippen LogP contribution in [0.5, 0.6) is 5.75 Å². The number of nitrogens with one attached hydrogen (secondary N) is 1. The molecule has 1 N–H and O–H groups in total. The number of benzene rings is 2. The molecule has 0 saturated carbocycles. The van der Waals surface area contributed by atoms with E-state index in [1.54, 1.807) is 7.11 Å². The van der Waals surface area contributed by atoms with E-state index >= 15 is 0 Å². The Balaban J connectivity index is 1.36. The van der Waals surface area contributed by atoms with Crippen LogP contribution in [0.1, 0.15) is 35.8 Å². The molecule has 6 rings (SSSR count). The molecule has 4 heterocycles. The fourth-order valence-corrected chi connectivity index (χ4v) is 5.66. The van der Waals surface area contributed by atoms with Crippen molar-refractivity contribution < 1.29 is 9.47 Å². The maximum Gasteiger partial charge on any atom is 0.253 e. The van der Waals surface area contributed by atoms with Crippen molar-refractivity contribution in [2.45, 2.75) is 38.5 Å². The van der Waals surface area contributed by atoms with Gasteiger partial charge in [-0.05, 0) is 65.4 Å². The van der Waals surface area contributed by atoms with Crippen LogP contribution in [0.3, 0.4) is 0 Å². The van der Waals surface area contributed by atoms with E-state index in [0.29, 0.717) is 17.9 Å². The molecule has 2 saturated heterocycles. The van der Waals surface area contributed by atoms with Crippen molar-refractivity contribution in [2.75, 3.05) is 44.8 Å². The van der Waals surface area contributed by atoms with Gasteiger partial charge in [0.2, 0.25) is 0 Å². The Hall–Kier alpha value is -3.76. The molecule has 2 aliphatic heterocycles. The van der Waals surface area contributed by atoms with E-state index in [0.717, 1.165) is 73.5 Å². The molecule has 2 fully saturated rings. The number of methoxy groups -OCH3 is 1. The first-order valence-corrected chi connectivity index (χ1v) is 13.2. The molecule has 0 spiro atoms. The lowest BCUT2D eigenvalue weighted by Gasteiger charge is -2.40. The van der Waals surface area contributed by atoms with E-state index in [2.05, 4.69) is 48.5 Å². The molecule has 0 unspecified atom stereocenters. The standard InChI is InChI=1S/C28H33N7O3/c1-19-9-10-20-17-22(28(36)29-23(20)16-19)26(27-30-31-32-35(27)18-21-6-5-15-38-21)34-13-11-33(12-14-34)24-7-3-4-8-25(24)37-2/h3-4,7-10,16-17,21,26H,5-6,11-15,18H2,1-2H3,(H,29,36)/t21-,26-/m0/s1. The Labute approximate surface area is 221 Å². The minimum atomic E-state index is -0.388. The Morgan fingerprint density at radius 3 is 2.76 bits per heavy atom. The highest BCUT2D eigenvalue weighted by atomic mass is 16.5. The van der Waals surface area contributed by atoms with Crippen LogP contribution in [0.25, 0.3) is 10.9 Å². The number of piperazine rings is 1. The Morgan fingerprint density at radius 1 is 1.13 bits per heavy atom. The van der Waals surface area contributed by atoms with E-state index in [-0.39, 0.29) is 17.7 Å². The zero-order chi connectivity index (χ0) is 26.1. The fourth-order valence-electron chi connectivity index (χ4n) is 5.66. The normalized spacial score (nSPS) is 19.2. The van der Waals surface area contributed by atoms with Crippen molar-refractivity contribution in [3.05, 3.63) is 75.8 Å². The van der Waals surface area contributed by atoms with Gasteiger partial charge in [0.05, 0.1) is 25.4 Å². The lowest BCUT2D eigenvalue weighted by molar-refractivity contribution is 0.0906. The molecule has 0 radical (unpaired) electrons. The second kappa shape index (κ2) is 10.5.